The van der Waals surface area contributed by atoms with E-state index in [1.165, 1.54) is 5.39 Å². The molecule has 100 valence electrons. The Morgan fingerprint density at radius 1 is 0.900 bits per heavy atom. The van der Waals surface area contributed by atoms with Crippen LogP contribution in [0.5, 0.6) is 11.5 Å². The predicted octanol–water partition coefficient (Wildman–Crippen LogP) is 3.92. The maximum absolute atomic E-state index is 5.37. The van der Waals surface area contributed by atoms with E-state index in [4.69, 9.17) is 9.47 Å². The van der Waals surface area contributed by atoms with E-state index in [0.29, 0.717) is 0 Å². The van der Waals surface area contributed by atoms with Crippen LogP contribution < -0.4 is 9.47 Å². The molecule has 3 aromatic rings. The topological polar surface area (TPSA) is 31.4 Å². The quantitative estimate of drug-likeness (QED) is 0.719. The molecule has 0 bridgehead atoms. The second-order valence-electron chi connectivity index (χ2n) is 4.47. The lowest BCUT2D eigenvalue weighted by atomic mass is 9.99. The molecule has 0 atom stereocenters. The van der Waals surface area contributed by atoms with E-state index in [2.05, 4.69) is 17.1 Å². The van der Waals surface area contributed by atoms with Gasteiger partial charge in [-0.3, -0.25) is 4.98 Å². The highest BCUT2D eigenvalue weighted by molar-refractivity contribution is 5.96. The summed E-state index contributed by atoms with van der Waals surface area (Å²) in [6, 6.07) is 14.2. The minimum absolute atomic E-state index is 0.728. The molecular formula is C17H15NO2. The number of ether oxygens (including phenoxy) is 2. The van der Waals surface area contributed by atoms with Crippen LogP contribution in [0.25, 0.3) is 21.9 Å². The molecule has 2 aromatic carbocycles. The van der Waals surface area contributed by atoms with Gasteiger partial charge >= 0.3 is 0 Å². The van der Waals surface area contributed by atoms with Gasteiger partial charge in [-0.2, -0.15) is 0 Å². The van der Waals surface area contributed by atoms with E-state index in [1.54, 1.807) is 20.4 Å². The van der Waals surface area contributed by atoms with E-state index in [0.717, 1.165) is 28.0 Å². The van der Waals surface area contributed by atoms with Gasteiger partial charge in [0.1, 0.15) is 0 Å². The Kier molecular flexibility index (Phi) is 3.25. The minimum atomic E-state index is 0.728. The highest BCUT2D eigenvalue weighted by Crippen LogP contribution is 2.34. The first-order valence-electron chi connectivity index (χ1n) is 6.38. The van der Waals surface area contributed by atoms with Gasteiger partial charge < -0.3 is 9.47 Å². The van der Waals surface area contributed by atoms with Crippen molar-refractivity contribution in [3.05, 3.63) is 54.9 Å². The van der Waals surface area contributed by atoms with Gasteiger partial charge in [0.25, 0.3) is 0 Å². The zero-order chi connectivity index (χ0) is 13.9. The van der Waals surface area contributed by atoms with Crippen molar-refractivity contribution in [2.45, 2.75) is 0 Å². The van der Waals surface area contributed by atoms with Gasteiger partial charge in [0.05, 0.1) is 14.2 Å². The number of hydrogen-bond donors (Lipinski definition) is 0. The van der Waals surface area contributed by atoms with Gasteiger partial charge in [0.15, 0.2) is 11.5 Å². The fraction of sp³-hybridized carbons (Fsp3) is 0.118. The molecule has 3 rings (SSSR count). The Hall–Kier alpha value is -2.55. The molecule has 0 amide bonds. The van der Waals surface area contributed by atoms with Gasteiger partial charge in [-0.1, -0.05) is 24.3 Å². The summed E-state index contributed by atoms with van der Waals surface area (Å²) in [6.45, 7) is 0. The molecule has 3 nitrogen and oxygen atoms in total. The molecular weight excluding hydrogens is 250 g/mol. The van der Waals surface area contributed by atoms with Gasteiger partial charge in [0, 0.05) is 17.8 Å². The van der Waals surface area contributed by atoms with Crippen molar-refractivity contribution in [1.82, 2.24) is 4.98 Å². The molecule has 1 aromatic heterocycles. The Labute approximate surface area is 117 Å². The SMILES string of the molecule is COc1ccc(-c2cccc3ccncc23)cc1OC. The van der Waals surface area contributed by atoms with E-state index in [-0.39, 0.29) is 0 Å². The Balaban J connectivity index is 2.21. The summed E-state index contributed by atoms with van der Waals surface area (Å²) in [5.74, 6) is 1.46. The minimum Gasteiger partial charge on any atom is -0.493 e. The molecule has 20 heavy (non-hydrogen) atoms. The number of aromatic nitrogens is 1. The molecule has 0 spiro atoms. The number of methoxy groups -OCH3 is 2. The number of nitrogens with zero attached hydrogens (tertiary/aromatic N) is 1. The van der Waals surface area contributed by atoms with Crippen molar-refractivity contribution in [3.8, 4) is 22.6 Å². The first-order chi connectivity index (χ1) is 9.83. The fourth-order valence-electron chi connectivity index (χ4n) is 2.37. The summed E-state index contributed by atoms with van der Waals surface area (Å²) < 4.78 is 10.6. The number of fused-ring (bicyclic) bond motifs is 1. The zero-order valence-corrected chi connectivity index (χ0v) is 11.5. The standard InChI is InChI=1S/C17H15NO2/c1-19-16-7-6-13(10-17(16)20-2)14-5-3-4-12-8-9-18-11-15(12)14/h3-11H,1-2H3. The fourth-order valence-corrected chi connectivity index (χ4v) is 2.37. The van der Waals surface area contributed by atoms with Crippen molar-refractivity contribution in [3.63, 3.8) is 0 Å². The van der Waals surface area contributed by atoms with Crippen LogP contribution in [0, 0.1) is 0 Å². The molecule has 0 aliphatic carbocycles. The number of rotatable bonds is 3. The normalized spacial score (nSPS) is 10.5. The van der Waals surface area contributed by atoms with E-state index in [1.807, 2.05) is 36.5 Å². The molecule has 0 saturated carbocycles. The second-order valence-corrected chi connectivity index (χ2v) is 4.47. The molecule has 0 unspecified atom stereocenters. The second kappa shape index (κ2) is 5.21. The number of benzene rings is 2. The molecule has 0 saturated heterocycles. The summed E-state index contributed by atoms with van der Waals surface area (Å²) in [5, 5.41) is 2.30. The number of hydrogen-bond acceptors (Lipinski definition) is 3. The molecule has 0 aliphatic rings. The predicted molar refractivity (Wildman–Crippen MR) is 80.3 cm³/mol. The van der Waals surface area contributed by atoms with Crippen LogP contribution in [0.15, 0.2) is 54.9 Å². The molecule has 1 heterocycles. The molecule has 0 N–H and O–H groups in total. The van der Waals surface area contributed by atoms with Crippen molar-refractivity contribution in [2.24, 2.45) is 0 Å². The van der Waals surface area contributed by atoms with Crippen molar-refractivity contribution in [2.75, 3.05) is 14.2 Å². The highest BCUT2D eigenvalue weighted by atomic mass is 16.5. The summed E-state index contributed by atoms with van der Waals surface area (Å²) >= 11 is 0. The third-order valence-corrected chi connectivity index (χ3v) is 3.38. The maximum atomic E-state index is 5.37. The molecule has 0 radical (unpaired) electrons. The van der Waals surface area contributed by atoms with Crippen LogP contribution in [0.2, 0.25) is 0 Å². The van der Waals surface area contributed by atoms with E-state index >= 15 is 0 Å². The van der Waals surface area contributed by atoms with E-state index < -0.39 is 0 Å². The van der Waals surface area contributed by atoms with Gasteiger partial charge in [-0.05, 0) is 34.7 Å². The largest absolute Gasteiger partial charge is 0.493 e. The van der Waals surface area contributed by atoms with Crippen molar-refractivity contribution in [1.29, 1.82) is 0 Å². The van der Waals surface area contributed by atoms with Gasteiger partial charge in [-0.15, -0.1) is 0 Å². The van der Waals surface area contributed by atoms with Crippen LogP contribution in [-0.4, -0.2) is 19.2 Å². The van der Waals surface area contributed by atoms with Crippen LogP contribution in [0.3, 0.4) is 0 Å². The lowest BCUT2D eigenvalue weighted by Crippen LogP contribution is -1.91. The van der Waals surface area contributed by atoms with Crippen LogP contribution in [-0.2, 0) is 0 Å². The smallest absolute Gasteiger partial charge is 0.161 e. The van der Waals surface area contributed by atoms with Gasteiger partial charge in [-0.25, -0.2) is 0 Å². The van der Waals surface area contributed by atoms with Gasteiger partial charge in [0.2, 0.25) is 0 Å². The molecule has 3 heteroatoms. The van der Waals surface area contributed by atoms with Crippen molar-refractivity contribution >= 4 is 10.8 Å². The summed E-state index contributed by atoms with van der Waals surface area (Å²) in [7, 11) is 3.28. The lowest BCUT2D eigenvalue weighted by Gasteiger charge is -2.11. The monoisotopic (exact) mass is 265 g/mol. The summed E-state index contributed by atoms with van der Waals surface area (Å²) in [5.41, 5.74) is 2.22. The van der Waals surface area contributed by atoms with Crippen LogP contribution >= 0.6 is 0 Å². The summed E-state index contributed by atoms with van der Waals surface area (Å²) in [6.07, 6.45) is 3.70. The first-order valence-corrected chi connectivity index (χ1v) is 6.38. The first kappa shape index (κ1) is 12.5. The zero-order valence-electron chi connectivity index (χ0n) is 11.5. The third-order valence-electron chi connectivity index (χ3n) is 3.38. The van der Waals surface area contributed by atoms with Crippen LogP contribution in [0.1, 0.15) is 0 Å². The average Bonchev–Trinajstić information content (AvgIpc) is 2.53. The summed E-state index contributed by atoms with van der Waals surface area (Å²) in [4.78, 5) is 4.22. The Morgan fingerprint density at radius 3 is 2.55 bits per heavy atom. The Bertz CT molecular complexity index is 748. The third kappa shape index (κ3) is 2.07. The van der Waals surface area contributed by atoms with Crippen LogP contribution in [0.4, 0.5) is 0 Å². The van der Waals surface area contributed by atoms with E-state index in [9.17, 15) is 0 Å². The van der Waals surface area contributed by atoms with Crippen molar-refractivity contribution < 1.29 is 9.47 Å². The highest BCUT2D eigenvalue weighted by Gasteiger charge is 2.08. The lowest BCUT2D eigenvalue weighted by molar-refractivity contribution is 0.355. The average molecular weight is 265 g/mol. The number of pyridine rings is 1. The maximum Gasteiger partial charge on any atom is 0.161 e. The molecule has 0 aliphatic heterocycles. The molecule has 0 fully saturated rings. The Morgan fingerprint density at radius 2 is 1.75 bits per heavy atom.